The maximum Gasteiger partial charge on any atom is 0.433 e. The zero-order chi connectivity index (χ0) is 12.5. The zero-order valence-electron chi connectivity index (χ0n) is 9.47. The van der Waals surface area contributed by atoms with Gasteiger partial charge in [-0.1, -0.05) is 18.7 Å². The average molecular weight is 262 g/mol. The van der Waals surface area contributed by atoms with Crippen molar-refractivity contribution >= 4 is 11.8 Å². The highest BCUT2D eigenvalue weighted by Gasteiger charge is 2.37. The summed E-state index contributed by atoms with van der Waals surface area (Å²) < 4.78 is 38.7. The molecule has 0 spiro atoms. The lowest BCUT2D eigenvalue weighted by molar-refractivity contribution is -0.142. The topological polar surface area (TPSA) is 25.8 Å². The molecule has 0 atom stereocenters. The van der Waals surface area contributed by atoms with Crippen LogP contribution in [-0.4, -0.2) is 15.7 Å². The molecular formula is C11H13F3N2S. The van der Waals surface area contributed by atoms with Gasteiger partial charge in [0, 0.05) is 11.3 Å². The number of fused-ring (bicyclic) bond motifs is 1. The molecule has 0 fully saturated rings. The first-order valence-electron chi connectivity index (χ1n) is 5.62. The third-order valence-corrected chi connectivity index (χ3v) is 3.43. The maximum absolute atomic E-state index is 12.9. The highest BCUT2D eigenvalue weighted by atomic mass is 32.2. The third-order valence-electron chi connectivity index (χ3n) is 2.70. The van der Waals surface area contributed by atoms with Crippen LogP contribution in [0.25, 0.3) is 0 Å². The van der Waals surface area contributed by atoms with E-state index in [1.54, 1.807) is 0 Å². The third kappa shape index (κ3) is 2.73. The van der Waals surface area contributed by atoms with Crippen LogP contribution < -0.4 is 0 Å². The molecule has 0 amide bonds. The van der Waals surface area contributed by atoms with Gasteiger partial charge >= 0.3 is 6.18 Å². The smallest absolute Gasteiger partial charge is 0.227 e. The lowest BCUT2D eigenvalue weighted by atomic mass is 9.94. The van der Waals surface area contributed by atoms with Crippen LogP contribution >= 0.6 is 11.8 Å². The van der Waals surface area contributed by atoms with Gasteiger partial charge in [0.2, 0.25) is 0 Å². The Kier molecular flexibility index (Phi) is 3.61. The van der Waals surface area contributed by atoms with Gasteiger partial charge in [-0.3, -0.25) is 0 Å². The Hall–Kier alpha value is -0.780. The van der Waals surface area contributed by atoms with Gasteiger partial charge < -0.3 is 0 Å². The minimum Gasteiger partial charge on any atom is -0.227 e. The molecule has 0 saturated heterocycles. The molecule has 0 aromatic carbocycles. The number of hydrogen-bond donors (Lipinski definition) is 0. The zero-order valence-corrected chi connectivity index (χ0v) is 10.3. The Balaban J connectivity index is 2.50. The van der Waals surface area contributed by atoms with Crippen LogP contribution in [0.15, 0.2) is 5.16 Å². The number of aromatic nitrogens is 2. The highest BCUT2D eigenvalue weighted by molar-refractivity contribution is 7.99. The van der Waals surface area contributed by atoms with E-state index in [2.05, 4.69) is 9.97 Å². The molecule has 0 radical (unpaired) electrons. The summed E-state index contributed by atoms with van der Waals surface area (Å²) in [6.07, 6.45) is -1.58. The van der Waals surface area contributed by atoms with Crippen LogP contribution in [0.3, 0.4) is 0 Å². The number of aryl methyl sites for hydroxylation is 1. The van der Waals surface area contributed by atoms with Crippen molar-refractivity contribution in [3.8, 4) is 0 Å². The van der Waals surface area contributed by atoms with Crippen molar-refractivity contribution in [2.75, 3.05) is 5.75 Å². The fourth-order valence-electron chi connectivity index (χ4n) is 2.00. The van der Waals surface area contributed by atoms with Crippen molar-refractivity contribution < 1.29 is 13.2 Å². The number of rotatable bonds is 2. The summed E-state index contributed by atoms with van der Waals surface area (Å²) in [4.78, 5) is 7.90. The first-order chi connectivity index (χ1) is 8.02. The first-order valence-corrected chi connectivity index (χ1v) is 6.60. The van der Waals surface area contributed by atoms with Gasteiger partial charge in [-0.25, -0.2) is 9.97 Å². The lowest BCUT2D eigenvalue weighted by Gasteiger charge is -2.20. The average Bonchev–Trinajstić information content (AvgIpc) is 2.27. The maximum atomic E-state index is 12.9. The second-order valence-electron chi connectivity index (χ2n) is 3.92. The Bertz CT molecular complexity index is 418. The summed E-state index contributed by atoms with van der Waals surface area (Å²) in [6.45, 7) is 1.88. The number of hydrogen-bond acceptors (Lipinski definition) is 3. The van der Waals surface area contributed by atoms with E-state index in [1.807, 2.05) is 6.92 Å². The molecule has 94 valence electrons. The van der Waals surface area contributed by atoms with Crippen molar-refractivity contribution in [3.05, 3.63) is 17.0 Å². The molecule has 0 unspecified atom stereocenters. The van der Waals surface area contributed by atoms with Crippen molar-refractivity contribution in [1.29, 1.82) is 0 Å². The molecule has 0 aliphatic heterocycles. The van der Waals surface area contributed by atoms with E-state index in [4.69, 9.17) is 0 Å². The molecular weight excluding hydrogens is 249 g/mol. The molecule has 1 aromatic rings. The Morgan fingerprint density at radius 2 is 1.88 bits per heavy atom. The molecule has 6 heteroatoms. The van der Waals surface area contributed by atoms with Crippen LogP contribution in [0.2, 0.25) is 0 Å². The van der Waals surface area contributed by atoms with E-state index >= 15 is 0 Å². The summed E-state index contributed by atoms with van der Waals surface area (Å²) in [7, 11) is 0. The molecule has 1 aliphatic rings. The van der Waals surface area contributed by atoms with Crippen LogP contribution in [-0.2, 0) is 19.0 Å². The van der Waals surface area contributed by atoms with Crippen LogP contribution in [0.1, 0.15) is 36.7 Å². The SMILES string of the molecule is CCSc1nc2c(c(C(F)(F)F)n1)CCCC2. The molecule has 2 rings (SSSR count). The van der Waals surface area contributed by atoms with E-state index in [-0.39, 0.29) is 5.16 Å². The van der Waals surface area contributed by atoms with E-state index in [1.165, 1.54) is 11.8 Å². The molecule has 1 aromatic heterocycles. The predicted molar refractivity (Wildman–Crippen MR) is 60.1 cm³/mol. The van der Waals surface area contributed by atoms with Gasteiger partial charge in [-0.2, -0.15) is 13.2 Å². The summed E-state index contributed by atoms with van der Waals surface area (Å²) >= 11 is 1.26. The summed E-state index contributed by atoms with van der Waals surface area (Å²) in [5, 5.41) is 0.250. The fourth-order valence-corrected chi connectivity index (χ4v) is 2.59. The van der Waals surface area contributed by atoms with Gasteiger partial charge in [0.25, 0.3) is 0 Å². The largest absolute Gasteiger partial charge is 0.433 e. The summed E-state index contributed by atoms with van der Waals surface area (Å²) in [5.74, 6) is 0.677. The van der Waals surface area contributed by atoms with Crippen LogP contribution in [0.4, 0.5) is 13.2 Å². The monoisotopic (exact) mass is 262 g/mol. The quantitative estimate of drug-likeness (QED) is 0.602. The lowest BCUT2D eigenvalue weighted by Crippen LogP contribution is -2.19. The highest BCUT2D eigenvalue weighted by Crippen LogP contribution is 2.35. The van der Waals surface area contributed by atoms with Gasteiger partial charge in [0.15, 0.2) is 10.9 Å². The number of nitrogens with zero attached hydrogens (tertiary/aromatic N) is 2. The standard InChI is InChI=1S/C11H13F3N2S/c1-2-17-10-15-8-6-4-3-5-7(8)9(16-10)11(12,13)14/h2-6H2,1H3. The molecule has 1 aliphatic carbocycles. The van der Waals surface area contributed by atoms with Crippen LogP contribution in [0, 0.1) is 0 Å². The minimum absolute atomic E-state index is 0.250. The van der Waals surface area contributed by atoms with Gasteiger partial charge in [0.1, 0.15) is 0 Å². The molecule has 2 nitrogen and oxygen atoms in total. The van der Waals surface area contributed by atoms with E-state index < -0.39 is 11.9 Å². The predicted octanol–water partition coefficient (Wildman–Crippen LogP) is 3.49. The van der Waals surface area contributed by atoms with Gasteiger partial charge in [-0.15, -0.1) is 0 Å². The molecule has 0 bridgehead atoms. The molecule has 0 N–H and O–H groups in total. The second kappa shape index (κ2) is 4.84. The Labute approximate surface area is 102 Å². The fraction of sp³-hybridized carbons (Fsp3) is 0.636. The van der Waals surface area contributed by atoms with Crippen molar-refractivity contribution in [1.82, 2.24) is 9.97 Å². The van der Waals surface area contributed by atoms with E-state index in [9.17, 15) is 13.2 Å². The Morgan fingerprint density at radius 3 is 2.53 bits per heavy atom. The summed E-state index contributed by atoms with van der Waals surface area (Å²) in [6, 6.07) is 0. The summed E-state index contributed by atoms with van der Waals surface area (Å²) in [5.41, 5.74) is 0.178. The van der Waals surface area contributed by atoms with Gasteiger partial charge in [0.05, 0.1) is 0 Å². The van der Waals surface area contributed by atoms with Gasteiger partial charge in [-0.05, 0) is 31.4 Å². The second-order valence-corrected chi connectivity index (χ2v) is 5.15. The van der Waals surface area contributed by atoms with E-state index in [0.29, 0.717) is 29.9 Å². The Morgan fingerprint density at radius 1 is 1.18 bits per heavy atom. The number of alkyl halides is 3. The van der Waals surface area contributed by atoms with Crippen molar-refractivity contribution in [2.45, 2.75) is 43.9 Å². The number of halogens is 3. The van der Waals surface area contributed by atoms with E-state index in [0.717, 1.165) is 12.8 Å². The minimum atomic E-state index is -4.37. The van der Waals surface area contributed by atoms with Crippen molar-refractivity contribution in [3.63, 3.8) is 0 Å². The molecule has 0 saturated carbocycles. The first kappa shape index (κ1) is 12.7. The van der Waals surface area contributed by atoms with Crippen LogP contribution in [0.5, 0.6) is 0 Å². The van der Waals surface area contributed by atoms with Crippen molar-refractivity contribution in [2.24, 2.45) is 0 Å². The molecule has 17 heavy (non-hydrogen) atoms. The number of thioether (sulfide) groups is 1. The normalized spacial score (nSPS) is 15.8. The molecule has 1 heterocycles.